The van der Waals surface area contributed by atoms with E-state index in [1.807, 2.05) is 4.90 Å². The van der Waals surface area contributed by atoms with Gasteiger partial charge >= 0.3 is 0 Å². The van der Waals surface area contributed by atoms with Crippen LogP contribution in [0.1, 0.15) is 18.9 Å². The smallest absolute Gasteiger partial charge is 0.219 e. The number of hydrogen-bond acceptors (Lipinski definition) is 3. The topological polar surface area (TPSA) is 26.8 Å². The number of rotatable bonds is 5. The van der Waals surface area contributed by atoms with Gasteiger partial charge in [0, 0.05) is 59.3 Å². The Bertz CT molecular complexity index is 615. The molecule has 0 spiro atoms. The van der Waals surface area contributed by atoms with Gasteiger partial charge in [-0.2, -0.15) is 0 Å². The van der Waals surface area contributed by atoms with Crippen molar-refractivity contribution in [3.63, 3.8) is 0 Å². The molecule has 25 heavy (non-hydrogen) atoms. The predicted octanol–water partition coefficient (Wildman–Crippen LogP) is 2.50. The Hall–Kier alpha value is -1.91. The maximum atomic E-state index is 11.4. The van der Waals surface area contributed by atoms with Gasteiger partial charge in [-0.15, -0.1) is 0 Å². The number of nitrogens with zero attached hydrogens (tertiary/aromatic N) is 3. The summed E-state index contributed by atoms with van der Waals surface area (Å²) in [7, 11) is 0. The highest BCUT2D eigenvalue weighted by atomic mass is 16.2. The van der Waals surface area contributed by atoms with Gasteiger partial charge in [-0.3, -0.25) is 14.6 Å². The Labute approximate surface area is 151 Å². The van der Waals surface area contributed by atoms with E-state index >= 15 is 0 Å². The van der Waals surface area contributed by atoms with E-state index in [1.54, 1.807) is 6.92 Å². The monoisotopic (exact) mass is 339 g/mol. The Kier molecular flexibility index (Phi) is 6.42. The minimum atomic E-state index is 0.202. The van der Waals surface area contributed by atoms with Crippen LogP contribution in [-0.4, -0.2) is 73.0 Å². The Morgan fingerprint density at radius 2 is 1.80 bits per heavy atom. The summed E-state index contributed by atoms with van der Waals surface area (Å²) in [6.07, 6.45) is 8.03. The Balaban J connectivity index is 1.43. The zero-order valence-corrected chi connectivity index (χ0v) is 15.2. The summed E-state index contributed by atoms with van der Waals surface area (Å²) in [5.74, 6) is 0.202. The highest BCUT2D eigenvalue weighted by molar-refractivity contribution is 5.73. The molecular weight excluding hydrogens is 310 g/mol. The molecule has 0 N–H and O–H groups in total. The van der Waals surface area contributed by atoms with E-state index in [0.29, 0.717) is 0 Å². The maximum absolute atomic E-state index is 11.4. The van der Waals surface area contributed by atoms with Gasteiger partial charge in [-0.05, 0) is 17.6 Å². The van der Waals surface area contributed by atoms with Crippen molar-refractivity contribution in [3.8, 4) is 0 Å². The van der Waals surface area contributed by atoms with Crippen LogP contribution in [0.2, 0.25) is 0 Å². The van der Waals surface area contributed by atoms with Gasteiger partial charge in [0.2, 0.25) is 5.91 Å². The van der Waals surface area contributed by atoms with E-state index in [-0.39, 0.29) is 5.91 Å². The van der Waals surface area contributed by atoms with Crippen LogP contribution in [0.25, 0.3) is 6.08 Å². The standard InChI is InChI=1S/C21H29N3O/c1-19(25)24-15-13-23(14-16-24)18-21-10-6-12-22(17-21)11-5-9-20-7-3-2-4-8-20/h2-5,7-10H,6,11-18H2,1H3/b9-5+. The first-order valence-electron chi connectivity index (χ1n) is 9.30. The lowest BCUT2D eigenvalue weighted by atomic mass is 10.1. The van der Waals surface area contributed by atoms with E-state index < -0.39 is 0 Å². The molecule has 4 heteroatoms. The van der Waals surface area contributed by atoms with Crippen molar-refractivity contribution < 1.29 is 4.79 Å². The normalized spacial score (nSPS) is 20.0. The molecule has 4 nitrogen and oxygen atoms in total. The number of amides is 1. The minimum Gasteiger partial charge on any atom is -0.340 e. The number of hydrogen-bond donors (Lipinski definition) is 0. The molecule has 1 amide bonds. The van der Waals surface area contributed by atoms with Crippen LogP contribution in [0.4, 0.5) is 0 Å². The van der Waals surface area contributed by atoms with Crippen molar-refractivity contribution in [2.24, 2.45) is 0 Å². The van der Waals surface area contributed by atoms with E-state index in [1.165, 1.54) is 11.1 Å². The molecule has 0 unspecified atom stereocenters. The molecule has 3 rings (SSSR count). The average molecular weight is 339 g/mol. The summed E-state index contributed by atoms with van der Waals surface area (Å²) in [5, 5.41) is 0. The highest BCUT2D eigenvalue weighted by Gasteiger charge is 2.20. The summed E-state index contributed by atoms with van der Waals surface area (Å²) in [6, 6.07) is 10.5. The SMILES string of the molecule is CC(=O)N1CCN(CC2=CCCN(C/C=C/c3ccccc3)C2)CC1. The summed E-state index contributed by atoms with van der Waals surface area (Å²) < 4.78 is 0. The van der Waals surface area contributed by atoms with Crippen LogP contribution < -0.4 is 0 Å². The summed E-state index contributed by atoms with van der Waals surface area (Å²) in [5.41, 5.74) is 2.79. The molecule has 1 fully saturated rings. The Morgan fingerprint density at radius 1 is 1.04 bits per heavy atom. The molecule has 2 heterocycles. The molecular formula is C21H29N3O. The third-order valence-electron chi connectivity index (χ3n) is 5.02. The number of carbonyl (C=O) groups excluding carboxylic acids is 1. The molecule has 0 saturated carbocycles. The van der Waals surface area contributed by atoms with E-state index in [4.69, 9.17) is 0 Å². The zero-order valence-electron chi connectivity index (χ0n) is 15.2. The first-order chi connectivity index (χ1) is 12.2. The Morgan fingerprint density at radius 3 is 2.52 bits per heavy atom. The second-order valence-corrected chi connectivity index (χ2v) is 6.98. The van der Waals surface area contributed by atoms with Crippen molar-refractivity contribution in [2.45, 2.75) is 13.3 Å². The molecule has 0 aromatic heterocycles. The van der Waals surface area contributed by atoms with Gasteiger partial charge in [0.1, 0.15) is 0 Å². The molecule has 0 radical (unpaired) electrons. The molecule has 1 aromatic rings. The lowest BCUT2D eigenvalue weighted by Crippen LogP contribution is -2.49. The molecule has 134 valence electrons. The van der Waals surface area contributed by atoms with Crippen molar-refractivity contribution in [1.29, 1.82) is 0 Å². The van der Waals surface area contributed by atoms with E-state index in [2.05, 4.69) is 58.4 Å². The van der Waals surface area contributed by atoms with Crippen molar-refractivity contribution in [2.75, 3.05) is 52.4 Å². The van der Waals surface area contributed by atoms with Crippen LogP contribution in [0.15, 0.2) is 48.1 Å². The second-order valence-electron chi connectivity index (χ2n) is 6.98. The second kappa shape index (κ2) is 8.97. The number of piperazine rings is 1. The van der Waals surface area contributed by atoms with Gasteiger partial charge in [0.25, 0.3) is 0 Å². The first-order valence-corrected chi connectivity index (χ1v) is 9.30. The van der Waals surface area contributed by atoms with Gasteiger partial charge in [-0.1, -0.05) is 48.6 Å². The lowest BCUT2D eigenvalue weighted by Gasteiger charge is -2.36. The van der Waals surface area contributed by atoms with Crippen molar-refractivity contribution >= 4 is 12.0 Å². The summed E-state index contributed by atoms with van der Waals surface area (Å²) >= 11 is 0. The zero-order chi connectivity index (χ0) is 17.5. The van der Waals surface area contributed by atoms with Gasteiger partial charge < -0.3 is 4.90 Å². The van der Waals surface area contributed by atoms with Gasteiger partial charge in [0.05, 0.1) is 0 Å². The molecule has 0 atom stereocenters. The lowest BCUT2D eigenvalue weighted by molar-refractivity contribution is -0.130. The molecule has 2 aliphatic rings. The predicted molar refractivity (Wildman–Crippen MR) is 103 cm³/mol. The largest absolute Gasteiger partial charge is 0.340 e. The van der Waals surface area contributed by atoms with Crippen LogP contribution in [0.3, 0.4) is 0 Å². The van der Waals surface area contributed by atoms with Crippen LogP contribution in [0.5, 0.6) is 0 Å². The minimum absolute atomic E-state index is 0.202. The highest BCUT2D eigenvalue weighted by Crippen LogP contribution is 2.13. The molecule has 2 aliphatic heterocycles. The fraction of sp³-hybridized carbons (Fsp3) is 0.476. The van der Waals surface area contributed by atoms with E-state index in [0.717, 1.165) is 58.8 Å². The number of benzene rings is 1. The van der Waals surface area contributed by atoms with Gasteiger partial charge in [0.15, 0.2) is 0 Å². The third kappa shape index (κ3) is 5.55. The van der Waals surface area contributed by atoms with Crippen molar-refractivity contribution in [1.82, 2.24) is 14.7 Å². The fourth-order valence-corrected chi connectivity index (χ4v) is 3.56. The van der Waals surface area contributed by atoms with Gasteiger partial charge in [-0.25, -0.2) is 0 Å². The summed E-state index contributed by atoms with van der Waals surface area (Å²) in [4.78, 5) is 18.4. The summed E-state index contributed by atoms with van der Waals surface area (Å²) in [6.45, 7) is 9.63. The van der Waals surface area contributed by atoms with Crippen LogP contribution in [-0.2, 0) is 4.79 Å². The molecule has 1 saturated heterocycles. The molecule has 0 aliphatic carbocycles. The molecule has 1 aromatic carbocycles. The number of carbonyl (C=O) groups is 1. The van der Waals surface area contributed by atoms with Crippen LogP contribution in [0, 0.1) is 0 Å². The van der Waals surface area contributed by atoms with Crippen LogP contribution >= 0.6 is 0 Å². The van der Waals surface area contributed by atoms with E-state index in [9.17, 15) is 4.79 Å². The maximum Gasteiger partial charge on any atom is 0.219 e. The average Bonchev–Trinajstić information content (AvgIpc) is 2.63. The fourth-order valence-electron chi connectivity index (χ4n) is 3.56. The first kappa shape index (κ1) is 17.9. The quantitative estimate of drug-likeness (QED) is 0.771. The third-order valence-corrected chi connectivity index (χ3v) is 5.02. The molecule has 0 bridgehead atoms. The van der Waals surface area contributed by atoms with Crippen molar-refractivity contribution in [3.05, 3.63) is 53.6 Å².